The fraction of sp³-hybridized carbons (Fsp3) is 0. The number of carboxylic acid groups (broad SMARTS) is 2. The third kappa shape index (κ3) is 8.51. The molecular weight excluding hydrogens is 558 g/mol. The minimum absolute atomic E-state index is 0. The molecule has 0 bridgehead atoms. The van der Waals surface area contributed by atoms with Crippen LogP contribution in [0.2, 0.25) is 0 Å². The van der Waals surface area contributed by atoms with Crippen molar-refractivity contribution in [3.63, 3.8) is 0 Å². The predicted octanol–water partition coefficient (Wildman–Crippen LogP) is 2.01. The van der Waals surface area contributed by atoms with Crippen LogP contribution in [-0.2, 0) is 19.5 Å². The van der Waals surface area contributed by atoms with Crippen molar-refractivity contribution in [3.05, 3.63) is 119 Å². The van der Waals surface area contributed by atoms with Crippen molar-refractivity contribution >= 4 is 35.1 Å². The Morgan fingerprint density at radius 1 is 0.538 bits per heavy atom. The molecule has 4 rings (SSSR count). The molecule has 0 aliphatic rings. The van der Waals surface area contributed by atoms with E-state index in [0.29, 0.717) is 22.5 Å². The molecule has 0 unspecified atom stereocenters. The molecule has 0 aliphatic carbocycles. The number of rotatable bonds is 6. The van der Waals surface area contributed by atoms with Crippen LogP contribution in [0.5, 0.6) is 11.5 Å². The quantitative estimate of drug-likeness (QED) is 0.251. The van der Waals surface area contributed by atoms with Gasteiger partial charge in [0, 0.05) is 45.8 Å². The van der Waals surface area contributed by atoms with Crippen molar-refractivity contribution in [1.82, 2.24) is 0 Å². The summed E-state index contributed by atoms with van der Waals surface area (Å²) in [4.78, 5) is 44.9. The number of aromatic carboxylic acids is 2. The summed E-state index contributed by atoms with van der Waals surface area (Å²) >= 11 is 0. The van der Waals surface area contributed by atoms with E-state index in [1.807, 2.05) is 0 Å². The molecule has 10 nitrogen and oxygen atoms in total. The Labute approximate surface area is 235 Å². The number of phenols is 2. The smallest absolute Gasteiger partial charge is 0.545 e. The number of benzene rings is 4. The second-order valence-corrected chi connectivity index (χ2v) is 7.68. The molecule has 0 atom stereocenters. The molecule has 0 radical (unpaired) electrons. The molecule has 0 heterocycles. The van der Waals surface area contributed by atoms with Gasteiger partial charge in [-0.05, 0) is 48.5 Å². The first-order valence-electron chi connectivity index (χ1n) is 11.0. The van der Waals surface area contributed by atoms with Gasteiger partial charge in [-0.3, -0.25) is 9.59 Å². The van der Waals surface area contributed by atoms with Crippen LogP contribution in [0.25, 0.3) is 0 Å². The molecule has 4 aromatic carbocycles. The second kappa shape index (κ2) is 14.1. The molecule has 0 aromatic heterocycles. The van der Waals surface area contributed by atoms with E-state index in [1.54, 1.807) is 60.7 Å². The molecule has 192 valence electrons. The minimum atomic E-state index is -1.47. The van der Waals surface area contributed by atoms with Crippen LogP contribution < -0.4 is 20.8 Å². The zero-order valence-electron chi connectivity index (χ0n) is 20.3. The van der Waals surface area contributed by atoms with Gasteiger partial charge in [0.1, 0.15) is 11.5 Å². The second-order valence-electron chi connectivity index (χ2n) is 7.68. The summed E-state index contributed by atoms with van der Waals surface area (Å²) in [5.74, 6) is -4.55. The summed E-state index contributed by atoms with van der Waals surface area (Å²) in [6.07, 6.45) is 0. The maximum atomic E-state index is 11.8. The van der Waals surface area contributed by atoms with Crippen molar-refractivity contribution in [2.45, 2.75) is 0 Å². The molecule has 0 saturated carbocycles. The number of amides is 2. The Morgan fingerprint density at radius 2 is 0.872 bits per heavy atom. The molecule has 0 aliphatic heterocycles. The van der Waals surface area contributed by atoms with Gasteiger partial charge in [0.25, 0.3) is 11.8 Å². The van der Waals surface area contributed by atoms with E-state index in [-0.39, 0.29) is 42.4 Å². The first-order valence-corrected chi connectivity index (χ1v) is 11.0. The molecule has 4 aromatic rings. The summed E-state index contributed by atoms with van der Waals surface area (Å²) in [6.45, 7) is 0. The Morgan fingerprint density at radius 3 is 1.15 bits per heavy atom. The van der Waals surface area contributed by atoms with Crippen molar-refractivity contribution in [2.24, 2.45) is 0 Å². The topological polar surface area (TPSA) is 179 Å². The van der Waals surface area contributed by atoms with Gasteiger partial charge in [0.15, 0.2) is 0 Å². The van der Waals surface area contributed by atoms with Gasteiger partial charge < -0.3 is 40.6 Å². The maximum Gasteiger partial charge on any atom is 2.00 e. The number of anilines is 2. The van der Waals surface area contributed by atoms with E-state index in [2.05, 4.69) is 10.6 Å². The average Bonchev–Trinajstić information content (AvgIpc) is 2.90. The summed E-state index contributed by atoms with van der Waals surface area (Å²) in [5, 5.41) is 45.3. The van der Waals surface area contributed by atoms with Gasteiger partial charge in [-0.15, -0.1) is 0 Å². The van der Waals surface area contributed by atoms with E-state index in [1.165, 1.54) is 24.3 Å². The first-order chi connectivity index (χ1) is 18.2. The standard InChI is InChI=1S/2C14H11NO4.Zn/c2*16-12-8-10(6-7-11(12)14(18)19)15-13(17)9-4-2-1-3-5-9;/h2*1-8,16H,(H,15,17)(H,18,19);/q;;+2/p-2. The Bertz CT molecular complexity index is 1360. The van der Waals surface area contributed by atoms with Crippen LogP contribution in [0.1, 0.15) is 41.4 Å². The number of nitrogens with one attached hydrogen (secondary N) is 2. The van der Waals surface area contributed by atoms with Crippen molar-refractivity contribution in [2.75, 3.05) is 10.6 Å². The van der Waals surface area contributed by atoms with Gasteiger partial charge >= 0.3 is 19.5 Å². The summed E-state index contributed by atoms with van der Waals surface area (Å²) in [7, 11) is 0. The van der Waals surface area contributed by atoms with Gasteiger partial charge in [0.05, 0.1) is 11.9 Å². The number of aromatic hydroxyl groups is 2. The van der Waals surface area contributed by atoms with Crippen molar-refractivity contribution in [1.29, 1.82) is 0 Å². The molecule has 39 heavy (non-hydrogen) atoms. The van der Waals surface area contributed by atoms with Gasteiger partial charge in [-0.1, -0.05) is 36.4 Å². The maximum absolute atomic E-state index is 11.8. The summed E-state index contributed by atoms with van der Waals surface area (Å²) in [5.41, 5.74) is 0.889. The number of carboxylic acids is 2. The molecule has 0 saturated heterocycles. The van der Waals surface area contributed by atoms with Crippen LogP contribution in [0, 0.1) is 0 Å². The third-order valence-electron chi connectivity index (χ3n) is 5.02. The van der Waals surface area contributed by atoms with Gasteiger partial charge in [0.2, 0.25) is 0 Å². The van der Waals surface area contributed by atoms with Crippen LogP contribution >= 0.6 is 0 Å². The first kappa shape index (κ1) is 30.2. The summed E-state index contributed by atoms with van der Waals surface area (Å²) < 4.78 is 0. The van der Waals surface area contributed by atoms with Crippen molar-refractivity contribution in [3.8, 4) is 11.5 Å². The Balaban J connectivity index is 0.000000267. The monoisotopic (exact) mass is 576 g/mol. The average molecular weight is 578 g/mol. The number of hydrogen-bond acceptors (Lipinski definition) is 8. The molecule has 2 amide bonds. The van der Waals surface area contributed by atoms with E-state index in [0.717, 1.165) is 12.1 Å². The van der Waals surface area contributed by atoms with Gasteiger partial charge in [-0.25, -0.2) is 0 Å². The fourth-order valence-corrected chi connectivity index (χ4v) is 3.15. The number of hydrogen-bond donors (Lipinski definition) is 4. The molecule has 0 fully saturated rings. The fourth-order valence-electron chi connectivity index (χ4n) is 3.15. The SMILES string of the molecule is O=C(Nc1ccc(C(=O)[O-])c(O)c1)c1ccccc1.O=C(Nc1ccc(C(=O)[O-])c(O)c1)c1ccccc1.[Zn+2]. The van der Waals surface area contributed by atoms with Gasteiger partial charge in [-0.2, -0.15) is 0 Å². The number of carbonyl (C=O) groups is 4. The van der Waals surface area contributed by atoms with Crippen LogP contribution in [-0.4, -0.2) is 34.0 Å². The number of carbonyl (C=O) groups excluding carboxylic acids is 4. The third-order valence-corrected chi connectivity index (χ3v) is 5.02. The summed E-state index contributed by atoms with van der Waals surface area (Å²) in [6, 6.07) is 24.5. The zero-order valence-corrected chi connectivity index (χ0v) is 23.3. The normalized spacial score (nSPS) is 9.64. The zero-order chi connectivity index (χ0) is 27.7. The van der Waals surface area contributed by atoms with E-state index >= 15 is 0 Å². The van der Waals surface area contributed by atoms with E-state index in [4.69, 9.17) is 0 Å². The van der Waals surface area contributed by atoms with E-state index in [9.17, 15) is 39.6 Å². The van der Waals surface area contributed by atoms with Crippen molar-refractivity contribution < 1.29 is 59.1 Å². The molecular formula is C28H20N2O8Zn. The molecule has 11 heteroatoms. The Kier molecular flexibility index (Phi) is 10.9. The van der Waals surface area contributed by atoms with Crippen LogP contribution in [0.15, 0.2) is 97.1 Å². The molecule has 4 N–H and O–H groups in total. The predicted molar refractivity (Wildman–Crippen MR) is 134 cm³/mol. The molecule has 0 spiro atoms. The largest absolute Gasteiger partial charge is 2.00 e. The minimum Gasteiger partial charge on any atom is -0.545 e. The van der Waals surface area contributed by atoms with Crippen LogP contribution in [0.3, 0.4) is 0 Å². The Hall–Kier alpha value is -5.02. The van der Waals surface area contributed by atoms with Crippen LogP contribution in [0.4, 0.5) is 11.4 Å². The van der Waals surface area contributed by atoms with E-state index < -0.39 is 23.4 Å².